The number of allylic oxidation sites excluding steroid dienone is 22. The number of ketones is 1. The van der Waals surface area contributed by atoms with Crippen molar-refractivity contribution in [1.82, 2.24) is 0 Å². The highest BCUT2D eigenvalue weighted by molar-refractivity contribution is 6.08. The number of carbonyl (C=O) groups is 1. The van der Waals surface area contributed by atoms with Crippen LogP contribution in [0, 0.1) is 16.7 Å². The van der Waals surface area contributed by atoms with Crippen molar-refractivity contribution in [3.05, 3.63) is 142 Å². The summed E-state index contributed by atoms with van der Waals surface area (Å²) in [4.78, 5) is 12.5. The Bertz CT molecular complexity index is 1430. The minimum absolute atomic E-state index is 0.0481. The average molecular weight is 595 g/mol. The van der Waals surface area contributed by atoms with Gasteiger partial charge in [0.05, 0.1) is 13.2 Å². The SMILES string of the molecule is COC1=CC(C)(C)C(C=CC(C)=CC=CC(C)=CC=CC=C(C)C=CC=C(C)C=CC2C(C)=CC(O)CC2(C)C)=C(C)C1=O. The fourth-order valence-electron chi connectivity index (χ4n) is 5.72. The zero-order valence-electron chi connectivity index (χ0n) is 28.9. The smallest absolute Gasteiger partial charge is 0.223 e. The maximum absolute atomic E-state index is 12.5. The molecule has 0 bridgehead atoms. The predicted octanol–water partition coefficient (Wildman–Crippen LogP) is 10.4. The fourth-order valence-corrected chi connectivity index (χ4v) is 5.72. The monoisotopic (exact) mass is 594 g/mol. The molecule has 2 rings (SSSR count). The quantitative estimate of drug-likeness (QED) is 0.191. The van der Waals surface area contributed by atoms with Gasteiger partial charge in [-0.1, -0.05) is 147 Å². The minimum atomic E-state index is -0.338. The van der Waals surface area contributed by atoms with Crippen LogP contribution in [-0.2, 0) is 9.53 Å². The van der Waals surface area contributed by atoms with E-state index in [1.165, 1.54) is 16.7 Å². The van der Waals surface area contributed by atoms with Crippen LogP contribution in [-0.4, -0.2) is 24.1 Å². The van der Waals surface area contributed by atoms with Gasteiger partial charge in [0.2, 0.25) is 5.78 Å². The second-order valence-electron chi connectivity index (χ2n) is 13.4. The third-order valence-electron chi connectivity index (χ3n) is 8.23. The van der Waals surface area contributed by atoms with Gasteiger partial charge in [0.15, 0.2) is 5.76 Å². The van der Waals surface area contributed by atoms with E-state index in [1.54, 1.807) is 7.11 Å². The van der Waals surface area contributed by atoms with Gasteiger partial charge in [0.25, 0.3) is 0 Å². The van der Waals surface area contributed by atoms with Gasteiger partial charge in [-0.15, -0.1) is 0 Å². The second kappa shape index (κ2) is 16.4. The third-order valence-corrected chi connectivity index (χ3v) is 8.23. The highest BCUT2D eigenvalue weighted by atomic mass is 16.5. The number of rotatable bonds is 11. The molecule has 3 nitrogen and oxygen atoms in total. The van der Waals surface area contributed by atoms with Gasteiger partial charge >= 0.3 is 0 Å². The van der Waals surface area contributed by atoms with Crippen LogP contribution in [0.3, 0.4) is 0 Å². The number of methoxy groups -OCH3 is 1. The molecule has 0 amide bonds. The first-order valence-corrected chi connectivity index (χ1v) is 15.5. The Morgan fingerprint density at radius 3 is 1.84 bits per heavy atom. The molecule has 0 aromatic rings. The zero-order chi connectivity index (χ0) is 33.1. The summed E-state index contributed by atoms with van der Waals surface area (Å²) >= 11 is 0. The van der Waals surface area contributed by atoms with Gasteiger partial charge in [-0.05, 0) is 65.0 Å². The lowest BCUT2D eigenvalue weighted by atomic mass is 9.67. The van der Waals surface area contributed by atoms with E-state index in [1.807, 2.05) is 31.2 Å². The molecule has 0 saturated heterocycles. The van der Waals surface area contributed by atoms with Crippen LogP contribution in [0.15, 0.2) is 142 Å². The molecule has 0 fully saturated rings. The molecule has 1 N–H and O–H groups in total. The molecule has 2 atom stereocenters. The molecule has 3 heteroatoms. The van der Waals surface area contributed by atoms with Gasteiger partial charge in [-0.3, -0.25) is 4.79 Å². The van der Waals surface area contributed by atoms with Crippen LogP contribution in [0.25, 0.3) is 0 Å². The van der Waals surface area contributed by atoms with Crippen LogP contribution >= 0.6 is 0 Å². The number of aliphatic hydroxyl groups excluding tert-OH is 1. The van der Waals surface area contributed by atoms with E-state index < -0.39 is 0 Å². The van der Waals surface area contributed by atoms with Crippen LogP contribution in [0.4, 0.5) is 0 Å². The molecule has 0 aromatic heterocycles. The lowest BCUT2D eigenvalue weighted by molar-refractivity contribution is -0.115. The molecule has 0 aromatic carbocycles. The Balaban J connectivity index is 1.93. The minimum Gasteiger partial charge on any atom is -0.493 e. The van der Waals surface area contributed by atoms with Gasteiger partial charge in [-0.25, -0.2) is 0 Å². The highest BCUT2D eigenvalue weighted by Crippen LogP contribution is 2.42. The second-order valence-corrected chi connectivity index (χ2v) is 13.4. The molecule has 0 saturated carbocycles. The lowest BCUT2D eigenvalue weighted by Crippen LogP contribution is -2.32. The van der Waals surface area contributed by atoms with Crippen molar-refractivity contribution in [1.29, 1.82) is 0 Å². The largest absolute Gasteiger partial charge is 0.493 e. The molecule has 0 heterocycles. The Morgan fingerprint density at radius 2 is 1.32 bits per heavy atom. The van der Waals surface area contributed by atoms with Crippen LogP contribution in [0.2, 0.25) is 0 Å². The zero-order valence-corrected chi connectivity index (χ0v) is 28.9. The highest BCUT2D eigenvalue weighted by Gasteiger charge is 2.34. The predicted molar refractivity (Wildman–Crippen MR) is 189 cm³/mol. The Morgan fingerprint density at radius 1 is 0.818 bits per heavy atom. The molecule has 0 radical (unpaired) electrons. The molecule has 0 spiro atoms. The van der Waals surface area contributed by atoms with E-state index in [2.05, 4.69) is 135 Å². The fraction of sp³-hybridized carbons (Fsp3) is 0.390. The van der Waals surface area contributed by atoms with Crippen molar-refractivity contribution in [3.8, 4) is 0 Å². The van der Waals surface area contributed by atoms with E-state index in [4.69, 9.17) is 4.74 Å². The van der Waals surface area contributed by atoms with E-state index in [0.29, 0.717) is 11.7 Å². The summed E-state index contributed by atoms with van der Waals surface area (Å²) in [5, 5.41) is 10.1. The summed E-state index contributed by atoms with van der Waals surface area (Å²) in [6, 6.07) is 0. The lowest BCUT2D eigenvalue weighted by Gasteiger charge is -2.38. The molecule has 2 aliphatic rings. The first-order valence-electron chi connectivity index (χ1n) is 15.5. The van der Waals surface area contributed by atoms with E-state index in [-0.39, 0.29) is 22.7 Å². The summed E-state index contributed by atoms with van der Waals surface area (Å²) < 4.78 is 5.27. The van der Waals surface area contributed by atoms with Crippen molar-refractivity contribution in [2.75, 3.05) is 7.11 Å². The average Bonchev–Trinajstić information content (AvgIpc) is 2.91. The van der Waals surface area contributed by atoms with Crippen molar-refractivity contribution >= 4 is 5.78 Å². The first kappa shape index (κ1) is 36.5. The Hall–Kier alpha value is -3.69. The molecule has 44 heavy (non-hydrogen) atoms. The summed E-state index contributed by atoms with van der Waals surface area (Å²) in [6.45, 7) is 21.0. The standard InChI is InChI=1S/C41H54O3/c1-29(18-14-20-31(3)22-24-36-33(5)26-35(42)27-40(36,7)8)16-12-13-17-30(2)19-15-21-32(4)23-25-37-34(6)39(43)38(44-11)28-41(37,9)10/h12-26,28,35-36,42H,27H2,1-11H3. The molecule has 2 unspecified atom stereocenters. The van der Waals surface area contributed by atoms with E-state index in [0.717, 1.165) is 28.7 Å². The van der Waals surface area contributed by atoms with Crippen molar-refractivity contribution in [2.24, 2.45) is 16.7 Å². The van der Waals surface area contributed by atoms with Crippen LogP contribution in [0.1, 0.15) is 75.7 Å². The van der Waals surface area contributed by atoms with Crippen molar-refractivity contribution in [2.45, 2.75) is 81.8 Å². The molecule has 0 aliphatic heterocycles. The number of ether oxygens (including phenoxy) is 1. The van der Waals surface area contributed by atoms with Gasteiger partial charge in [0, 0.05) is 16.9 Å². The van der Waals surface area contributed by atoms with Gasteiger partial charge in [0.1, 0.15) is 0 Å². The topological polar surface area (TPSA) is 46.5 Å². The molecular formula is C41H54O3. The maximum Gasteiger partial charge on any atom is 0.223 e. The van der Waals surface area contributed by atoms with Crippen molar-refractivity contribution in [3.63, 3.8) is 0 Å². The third kappa shape index (κ3) is 11.1. The summed E-state index contributed by atoms with van der Waals surface area (Å²) in [5.74, 6) is 0.707. The van der Waals surface area contributed by atoms with E-state index >= 15 is 0 Å². The van der Waals surface area contributed by atoms with Crippen molar-refractivity contribution < 1.29 is 14.6 Å². The first-order chi connectivity index (χ1) is 20.6. The Labute approximate surface area is 267 Å². The number of hydrogen-bond acceptors (Lipinski definition) is 3. The number of Topliss-reactive ketones (excluding diaryl/α,β-unsaturated/α-hetero) is 1. The molecular weight excluding hydrogens is 540 g/mol. The molecule has 2 aliphatic carbocycles. The molecule has 236 valence electrons. The summed E-state index contributed by atoms with van der Waals surface area (Å²) in [6.07, 6.45) is 33.7. The number of hydrogen-bond donors (Lipinski definition) is 1. The number of carbonyl (C=O) groups excluding carboxylic acids is 1. The summed E-state index contributed by atoms with van der Waals surface area (Å²) in [5.41, 5.74) is 7.38. The number of aliphatic hydroxyl groups is 1. The van der Waals surface area contributed by atoms with Crippen LogP contribution < -0.4 is 0 Å². The van der Waals surface area contributed by atoms with E-state index in [9.17, 15) is 9.90 Å². The normalized spacial score (nSPS) is 24.0. The Kier molecular flexibility index (Phi) is 13.6. The summed E-state index contributed by atoms with van der Waals surface area (Å²) in [7, 11) is 1.54. The van der Waals surface area contributed by atoms with Gasteiger partial charge in [-0.2, -0.15) is 0 Å². The van der Waals surface area contributed by atoms with Crippen LogP contribution in [0.5, 0.6) is 0 Å². The van der Waals surface area contributed by atoms with Gasteiger partial charge < -0.3 is 9.84 Å². The maximum atomic E-state index is 12.5.